The first-order valence-corrected chi connectivity index (χ1v) is 11.7. The van der Waals surface area contributed by atoms with E-state index in [2.05, 4.69) is 33.0 Å². The number of rotatable bonds is 6. The molecule has 4 nitrogen and oxygen atoms in total. The van der Waals surface area contributed by atoms with Crippen molar-refractivity contribution in [2.45, 2.75) is 86.5 Å². The summed E-state index contributed by atoms with van der Waals surface area (Å²) in [6, 6.07) is 0. The lowest BCUT2D eigenvalue weighted by Gasteiger charge is -2.48. The predicted octanol–water partition coefficient (Wildman–Crippen LogP) is 5.28. The van der Waals surface area contributed by atoms with Gasteiger partial charge < -0.3 is 15.1 Å². The van der Waals surface area contributed by atoms with Crippen LogP contribution >= 0.6 is 0 Å². The molecule has 1 N–H and O–H groups in total. The summed E-state index contributed by atoms with van der Waals surface area (Å²) in [5.74, 6) is 2.12. The Morgan fingerprint density at radius 1 is 1.21 bits per heavy atom. The van der Waals surface area contributed by atoms with E-state index in [1.54, 1.807) is 0 Å². The fraction of sp³-hybridized carbons (Fsp3) is 0.958. The Hall–Kier alpha value is -0.610. The van der Waals surface area contributed by atoms with Crippen molar-refractivity contribution in [2.24, 2.45) is 17.3 Å². The number of carbonyl (C=O) groups is 1. The largest absolute Gasteiger partial charge is 0.340 e. The van der Waals surface area contributed by atoms with Gasteiger partial charge in [-0.25, -0.2) is 0 Å². The molecule has 2 fully saturated rings. The number of unbranched alkanes of at least 4 members (excludes halogenated alkanes) is 1. The molecule has 1 saturated carbocycles. The van der Waals surface area contributed by atoms with Crippen LogP contribution in [0.4, 0.5) is 0 Å². The molecule has 1 saturated heterocycles. The van der Waals surface area contributed by atoms with E-state index >= 15 is 0 Å². The summed E-state index contributed by atoms with van der Waals surface area (Å²) < 4.78 is 0. The molecule has 4 heteroatoms. The number of carbonyl (C=O) groups excluding carboxylic acids is 1. The van der Waals surface area contributed by atoms with Gasteiger partial charge in [0, 0.05) is 18.5 Å². The zero-order valence-electron chi connectivity index (χ0n) is 21.0. The van der Waals surface area contributed by atoms with Gasteiger partial charge in [-0.05, 0) is 52.9 Å². The van der Waals surface area contributed by atoms with Crippen molar-refractivity contribution in [3.05, 3.63) is 0 Å². The van der Waals surface area contributed by atoms with Crippen molar-refractivity contribution in [3.63, 3.8) is 0 Å². The van der Waals surface area contributed by atoms with Crippen LogP contribution in [0.5, 0.6) is 0 Å². The summed E-state index contributed by atoms with van der Waals surface area (Å²) in [4.78, 5) is 15.7. The summed E-state index contributed by atoms with van der Waals surface area (Å²) in [7, 11) is 7.65. The molecule has 0 radical (unpaired) electrons. The highest BCUT2D eigenvalue weighted by Gasteiger charge is 2.48. The topological polar surface area (TPSA) is 35.6 Å². The summed E-state index contributed by atoms with van der Waals surface area (Å²) in [6.07, 6.45) is 9.56. The van der Waals surface area contributed by atoms with E-state index in [4.69, 9.17) is 0 Å². The zero-order valence-corrected chi connectivity index (χ0v) is 21.0. The molecule has 2 unspecified atom stereocenters. The molecule has 0 bridgehead atoms. The summed E-state index contributed by atoms with van der Waals surface area (Å²) in [5, 5.41) is 2.75. The second-order valence-electron chi connectivity index (χ2n) is 8.99. The highest BCUT2D eigenvalue weighted by atomic mass is 16.2. The molecule has 1 aliphatic heterocycles. The van der Waals surface area contributed by atoms with E-state index in [9.17, 15) is 4.79 Å². The van der Waals surface area contributed by atoms with Crippen molar-refractivity contribution in [1.29, 1.82) is 0 Å². The molecular weight excluding hydrogens is 346 g/mol. The quantitative estimate of drug-likeness (QED) is 0.660. The summed E-state index contributed by atoms with van der Waals surface area (Å²) in [5.41, 5.74) is 0.515. The number of likely N-dealkylation sites (tertiary alicyclic amines) is 1. The second kappa shape index (κ2) is 17.3. The second-order valence-corrected chi connectivity index (χ2v) is 8.99. The van der Waals surface area contributed by atoms with Crippen LogP contribution in [-0.4, -0.2) is 63.5 Å². The van der Waals surface area contributed by atoms with E-state index in [1.807, 2.05) is 51.8 Å². The molecule has 0 aromatic rings. The maximum Gasteiger partial charge on any atom is 0.236 e. The molecule has 0 aromatic heterocycles. The third-order valence-corrected chi connectivity index (χ3v) is 5.55. The van der Waals surface area contributed by atoms with Gasteiger partial charge in [0.25, 0.3) is 0 Å². The van der Waals surface area contributed by atoms with Gasteiger partial charge in [0.05, 0.1) is 6.54 Å². The monoisotopic (exact) mass is 399 g/mol. The minimum Gasteiger partial charge on any atom is -0.340 e. The van der Waals surface area contributed by atoms with Gasteiger partial charge in [0.2, 0.25) is 5.91 Å². The molecule has 170 valence electrons. The molecule has 2 atom stereocenters. The number of nitrogens with zero attached hydrogens (tertiary/aromatic N) is 2. The van der Waals surface area contributed by atoms with Crippen LogP contribution in [0.2, 0.25) is 0 Å². The Labute approximate surface area is 177 Å². The first kappa shape index (κ1) is 29.6. The Morgan fingerprint density at radius 2 is 1.75 bits per heavy atom. The number of hydrogen-bond donors (Lipinski definition) is 1. The lowest BCUT2D eigenvalue weighted by Crippen LogP contribution is -2.58. The lowest BCUT2D eigenvalue weighted by molar-refractivity contribution is -0.143. The molecular formula is C24H53N3O. The molecule has 0 aromatic carbocycles. The van der Waals surface area contributed by atoms with Crippen molar-refractivity contribution >= 4 is 5.91 Å². The zero-order chi connectivity index (χ0) is 22.2. The van der Waals surface area contributed by atoms with Crippen LogP contribution in [0.25, 0.3) is 0 Å². The molecule has 2 rings (SSSR count). The minimum atomic E-state index is 0.296. The highest BCUT2D eigenvalue weighted by molar-refractivity contribution is 5.79. The molecule has 1 spiro atoms. The number of likely N-dealkylation sites (N-methyl/N-ethyl adjacent to an activating group) is 1. The average molecular weight is 400 g/mol. The van der Waals surface area contributed by atoms with Gasteiger partial charge in [-0.15, -0.1) is 0 Å². The van der Waals surface area contributed by atoms with Crippen LogP contribution in [0.15, 0.2) is 0 Å². The smallest absolute Gasteiger partial charge is 0.236 e. The third kappa shape index (κ3) is 12.8. The number of nitrogens with one attached hydrogen (secondary N) is 1. The van der Waals surface area contributed by atoms with E-state index in [0.717, 1.165) is 24.9 Å². The Kier molecular flexibility index (Phi) is 18.2. The Bertz CT molecular complexity index is 365. The Balaban J connectivity index is 0. The Morgan fingerprint density at radius 3 is 2.11 bits per heavy atom. The van der Waals surface area contributed by atoms with Gasteiger partial charge >= 0.3 is 0 Å². The lowest BCUT2D eigenvalue weighted by atomic mass is 9.77. The van der Waals surface area contributed by atoms with E-state index in [-0.39, 0.29) is 0 Å². The van der Waals surface area contributed by atoms with Crippen molar-refractivity contribution < 1.29 is 4.79 Å². The first-order valence-electron chi connectivity index (χ1n) is 11.7. The van der Waals surface area contributed by atoms with Crippen LogP contribution in [0, 0.1) is 17.3 Å². The summed E-state index contributed by atoms with van der Waals surface area (Å²) >= 11 is 0. The highest BCUT2D eigenvalue weighted by Crippen LogP contribution is 2.47. The molecule has 2 aliphatic rings. The first-order chi connectivity index (χ1) is 13.2. The van der Waals surface area contributed by atoms with Crippen LogP contribution in [0.1, 0.15) is 86.5 Å². The van der Waals surface area contributed by atoms with Crippen molar-refractivity contribution in [2.75, 3.05) is 47.8 Å². The van der Waals surface area contributed by atoms with Gasteiger partial charge in [-0.3, -0.25) is 4.79 Å². The fourth-order valence-electron chi connectivity index (χ4n) is 3.85. The average Bonchev–Trinajstić information content (AvgIpc) is 3.03. The van der Waals surface area contributed by atoms with E-state index in [0.29, 0.717) is 17.9 Å². The van der Waals surface area contributed by atoms with Crippen LogP contribution < -0.4 is 5.32 Å². The third-order valence-electron chi connectivity index (χ3n) is 5.55. The number of amides is 1. The maximum atomic E-state index is 11.7. The normalized spacial score (nSPS) is 20.1. The molecule has 1 heterocycles. The fourth-order valence-corrected chi connectivity index (χ4v) is 3.85. The molecule has 28 heavy (non-hydrogen) atoms. The number of hydrogen-bond acceptors (Lipinski definition) is 3. The van der Waals surface area contributed by atoms with Gasteiger partial charge in [-0.1, -0.05) is 73.6 Å². The predicted molar refractivity (Wildman–Crippen MR) is 126 cm³/mol. The van der Waals surface area contributed by atoms with E-state index < -0.39 is 0 Å². The van der Waals surface area contributed by atoms with Gasteiger partial charge in [0.15, 0.2) is 0 Å². The van der Waals surface area contributed by atoms with Crippen molar-refractivity contribution in [3.8, 4) is 0 Å². The maximum absolute atomic E-state index is 11.7. The van der Waals surface area contributed by atoms with Gasteiger partial charge in [-0.2, -0.15) is 0 Å². The van der Waals surface area contributed by atoms with Crippen LogP contribution in [0.3, 0.4) is 0 Å². The molecule has 1 aliphatic carbocycles. The van der Waals surface area contributed by atoms with Gasteiger partial charge in [0.1, 0.15) is 0 Å². The van der Waals surface area contributed by atoms with Crippen LogP contribution in [-0.2, 0) is 4.79 Å². The van der Waals surface area contributed by atoms with Crippen molar-refractivity contribution in [1.82, 2.24) is 15.1 Å². The van der Waals surface area contributed by atoms with E-state index in [1.165, 1.54) is 44.9 Å². The standard InChI is InChI=1S/C12H22N2O.C8H18.C2H7N.C2H6/c1-10-4-5-12(6-10)8-14(9-12)11(15)7-13(2)3;1-4-6-7-8(3)5-2;1-3-2;1-2/h10H,4-9H2,1-3H3;8H,4-7H2,1-3H3;3H,1-2H3;1-2H3. The SMILES string of the molecule is CC.CC1CCC2(C1)CN(C(=O)CN(C)C)C2.CCCCC(C)CC.CNC. The molecule has 1 amide bonds. The summed E-state index contributed by atoms with van der Waals surface area (Å²) in [6.45, 7) is 15.8. The minimum absolute atomic E-state index is 0.296.